The fourth-order valence-electron chi connectivity index (χ4n) is 1.78. The molecular weight excluding hydrogens is 231 g/mol. The third-order valence-electron chi connectivity index (χ3n) is 2.78. The highest BCUT2D eigenvalue weighted by Crippen LogP contribution is 2.22. The lowest BCUT2D eigenvalue weighted by Crippen LogP contribution is -2.30. The van der Waals surface area contributed by atoms with E-state index in [0.29, 0.717) is 5.82 Å². The number of nitrogens with one attached hydrogen (secondary N) is 1. The van der Waals surface area contributed by atoms with E-state index in [4.69, 9.17) is 5.84 Å². The first kappa shape index (κ1) is 12.6. The zero-order chi connectivity index (χ0) is 13.1. The molecule has 1 aromatic heterocycles. The number of nitrogens with zero attached hydrogens (tertiary/aromatic N) is 2. The molecule has 0 aliphatic rings. The Kier molecular flexibility index (Phi) is 3.64. The summed E-state index contributed by atoms with van der Waals surface area (Å²) in [6.45, 7) is 3.80. The van der Waals surface area contributed by atoms with Gasteiger partial charge in [-0.1, -0.05) is 6.07 Å². The minimum Gasteiger partial charge on any atom is -0.270 e. The summed E-state index contributed by atoms with van der Waals surface area (Å²) >= 11 is 0. The molecule has 1 aromatic carbocycles. The topological polar surface area (TPSA) is 63.8 Å². The highest BCUT2D eigenvalue weighted by Gasteiger charge is 2.17. The molecule has 0 bridgehead atoms. The van der Waals surface area contributed by atoms with Crippen molar-refractivity contribution >= 4 is 0 Å². The smallest absolute Gasteiger partial charge is 0.150 e. The summed E-state index contributed by atoms with van der Waals surface area (Å²) in [5.41, 5.74) is 5.27. The highest BCUT2D eigenvalue weighted by molar-refractivity contribution is 5.33. The molecule has 4 nitrogen and oxygen atoms in total. The van der Waals surface area contributed by atoms with Crippen molar-refractivity contribution in [2.45, 2.75) is 19.9 Å². The molecule has 18 heavy (non-hydrogen) atoms. The van der Waals surface area contributed by atoms with E-state index < -0.39 is 6.04 Å². The van der Waals surface area contributed by atoms with Crippen LogP contribution in [0.4, 0.5) is 4.39 Å². The number of hydrogen-bond acceptors (Lipinski definition) is 4. The van der Waals surface area contributed by atoms with Gasteiger partial charge in [0.05, 0.1) is 0 Å². The van der Waals surface area contributed by atoms with E-state index in [9.17, 15) is 4.39 Å². The van der Waals surface area contributed by atoms with E-state index in [-0.39, 0.29) is 5.82 Å². The van der Waals surface area contributed by atoms with Crippen LogP contribution < -0.4 is 11.3 Å². The predicted molar refractivity (Wildman–Crippen MR) is 67.1 cm³/mol. The Balaban J connectivity index is 2.44. The van der Waals surface area contributed by atoms with Crippen molar-refractivity contribution in [2.24, 2.45) is 5.84 Å². The quantitative estimate of drug-likeness (QED) is 0.640. The van der Waals surface area contributed by atoms with Crippen molar-refractivity contribution < 1.29 is 4.39 Å². The van der Waals surface area contributed by atoms with Crippen LogP contribution in [0.2, 0.25) is 0 Å². The van der Waals surface area contributed by atoms with Gasteiger partial charge in [-0.3, -0.25) is 5.84 Å². The van der Waals surface area contributed by atoms with Crippen molar-refractivity contribution in [1.82, 2.24) is 15.4 Å². The predicted octanol–water partition coefficient (Wildman–Crippen LogP) is 1.79. The van der Waals surface area contributed by atoms with Crippen LogP contribution in [0, 0.1) is 19.7 Å². The summed E-state index contributed by atoms with van der Waals surface area (Å²) in [7, 11) is 0. The number of aryl methyl sites for hydroxylation is 2. The molecule has 0 amide bonds. The lowest BCUT2D eigenvalue weighted by Gasteiger charge is -2.17. The van der Waals surface area contributed by atoms with E-state index in [2.05, 4.69) is 15.4 Å². The molecule has 0 saturated carbocycles. The summed E-state index contributed by atoms with van der Waals surface area (Å²) in [6.07, 6.45) is 3.42. The first-order valence-corrected chi connectivity index (χ1v) is 5.62. The largest absolute Gasteiger partial charge is 0.270 e. The number of nitrogens with two attached hydrogens (primary N) is 1. The molecule has 0 aliphatic heterocycles. The Hall–Kier alpha value is -1.85. The van der Waals surface area contributed by atoms with Crippen molar-refractivity contribution in [3.8, 4) is 0 Å². The van der Waals surface area contributed by atoms with Crippen LogP contribution in [0.3, 0.4) is 0 Å². The second-order valence-corrected chi connectivity index (χ2v) is 4.22. The van der Waals surface area contributed by atoms with Gasteiger partial charge in [0.2, 0.25) is 0 Å². The van der Waals surface area contributed by atoms with Gasteiger partial charge in [0.1, 0.15) is 11.9 Å². The van der Waals surface area contributed by atoms with Crippen molar-refractivity contribution in [1.29, 1.82) is 0 Å². The fraction of sp³-hybridized carbons (Fsp3) is 0.231. The Labute approximate surface area is 105 Å². The normalized spacial score (nSPS) is 12.4. The zero-order valence-electron chi connectivity index (χ0n) is 10.3. The number of benzene rings is 1. The molecule has 2 aromatic rings. The minimum atomic E-state index is -0.415. The van der Waals surface area contributed by atoms with Crippen LogP contribution in [-0.2, 0) is 0 Å². The fourth-order valence-corrected chi connectivity index (χ4v) is 1.78. The van der Waals surface area contributed by atoms with Gasteiger partial charge in [0, 0.05) is 12.4 Å². The molecule has 1 heterocycles. The first-order chi connectivity index (χ1) is 8.61. The van der Waals surface area contributed by atoms with Crippen molar-refractivity contribution in [2.75, 3.05) is 0 Å². The standard InChI is InChI=1S/C13H15FN4/c1-8-6-16-13(17-7-8)12(18-15)11-5-10(14)4-3-9(11)2/h3-7,12,18H,15H2,1-2H3. The highest BCUT2D eigenvalue weighted by atomic mass is 19.1. The Morgan fingerprint density at radius 1 is 1.22 bits per heavy atom. The maximum atomic E-state index is 13.3. The van der Waals surface area contributed by atoms with Gasteiger partial charge < -0.3 is 0 Å². The van der Waals surface area contributed by atoms with Crippen LogP contribution in [0.1, 0.15) is 28.6 Å². The Bertz CT molecular complexity index is 539. The van der Waals surface area contributed by atoms with Crippen LogP contribution >= 0.6 is 0 Å². The molecule has 0 fully saturated rings. The monoisotopic (exact) mass is 246 g/mol. The molecule has 0 aliphatic carbocycles. The molecule has 3 N–H and O–H groups in total. The third kappa shape index (κ3) is 2.52. The van der Waals surface area contributed by atoms with Crippen molar-refractivity contribution in [3.05, 3.63) is 58.9 Å². The van der Waals surface area contributed by atoms with Crippen LogP contribution in [0.25, 0.3) is 0 Å². The maximum absolute atomic E-state index is 13.3. The summed E-state index contributed by atoms with van der Waals surface area (Å²) in [5, 5.41) is 0. The van der Waals surface area contributed by atoms with E-state index in [0.717, 1.165) is 16.7 Å². The average molecular weight is 246 g/mol. The van der Waals surface area contributed by atoms with Gasteiger partial charge in [-0.05, 0) is 42.7 Å². The molecule has 1 unspecified atom stereocenters. The van der Waals surface area contributed by atoms with Gasteiger partial charge in [-0.15, -0.1) is 0 Å². The zero-order valence-corrected chi connectivity index (χ0v) is 10.3. The second-order valence-electron chi connectivity index (χ2n) is 4.22. The van der Waals surface area contributed by atoms with E-state index in [1.807, 2.05) is 13.8 Å². The lowest BCUT2D eigenvalue weighted by atomic mass is 10.0. The number of halogens is 1. The molecule has 94 valence electrons. The summed E-state index contributed by atoms with van der Waals surface area (Å²) in [6, 6.07) is 4.16. The van der Waals surface area contributed by atoms with Gasteiger partial charge in [-0.25, -0.2) is 19.8 Å². The van der Waals surface area contributed by atoms with Crippen LogP contribution in [0.15, 0.2) is 30.6 Å². The van der Waals surface area contributed by atoms with Gasteiger partial charge in [0.25, 0.3) is 0 Å². The molecule has 0 saturated heterocycles. The molecule has 5 heteroatoms. The third-order valence-corrected chi connectivity index (χ3v) is 2.78. The van der Waals surface area contributed by atoms with E-state index in [1.54, 1.807) is 18.5 Å². The molecular formula is C13H15FN4. The lowest BCUT2D eigenvalue weighted by molar-refractivity contribution is 0.582. The van der Waals surface area contributed by atoms with Crippen LogP contribution in [-0.4, -0.2) is 9.97 Å². The molecule has 2 rings (SSSR count). The number of hydrogen-bond donors (Lipinski definition) is 2. The van der Waals surface area contributed by atoms with Gasteiger partial charge in [0.15, 0.2) is 5.82 Å². The number of rotatable bonds is 3. The first-order valence-electron chi connectivity index (χ1n) is 5.62. The SMILES string of the molecule is Cc1cnc(C(NN)c2cc(F)ccc2C)nc1. The Morgan fingerprint density at radius 2 is 1.89 bits per heavy atom. The minimum absolute atomic E-state index is 0.303. The summed E-state index contributed by atoms with van der Waals surface area (Å²) in [4.78, 5) is 8.44. The van der Waals surface area contributed by atoms with E-state index >= 15 is 0 Å². The number of hydrazine groups is 1. The molecule has 0 radical (unpaired) electrons. The average Bonchev–Trinajstić information content (AvgIpc) is 2.37. The van der Waals surface area contributed by atoms with Gasteiger partial charge >= 0.3 is 0 Å². The van der Waals surface area contributed by atoms with E-state index in [1.165, 1.54) is 12.1 Å². The number of aromatic nitrogens is 2. The van der Waals surface area contributed by atoms with Gasteiger partial charge in [-0.2, -0.15) is 0 Å². The molecule has 0 spiro atoms. The second kappa shape index (κ2) is 5.20. The van der Waals surface area contributed by atoms with Crippen molar-refractivity contribution in [3.63, 3.8) is 0 Å². The van der Waals surface area contributed by atoms with Crippen LogP contribution in [0.5, 0.6) is 0 Å². The Morgan fingerprint density at radius 3 is 2.50 bits per heavy atom. The summed E-state index contributed by atoms with van der Waals surface area (Å²) < 4.78 is 13.3. The maximum Gasteiger partial charge on any atom is 0.150 e. The summed E-state index contributed by atoms with van der Waals surface area (Å²) in [5.74, 6) is 5.76. The molecule has 1 atom stereocenters.